The first kappa shape index (κ1) is 30.3. The Morgan fingerprint density at radius 1 is 1.09 bits per heavy atom. The molecule has 5 nitrogen and oxygen atoms in total. The molecule has 0 saturated heterocycles. The van der Waals surface area contributed by atoms with Gasteiger partial charge in [0.2, 0.25) is 0 Å². The summed E-state index contributed by atoms with van der Waals surface area (Å²) >= 11 is 0. The molecule has 5 atom stereocenters. The van der Waals surface area contributed by atoms with Crippen LogP contribution in [0.5, 0.6) is 0 Å². The van der Waals surface area contributed by atoms with E-state index in [0.717, 1.165) is 24.8 Å². The van der Waals surface area contributed by atoms with E-state index in [4.69, 9.17) is 18.3 Å². The van der Waals surface area contributed by atoms with Crippen LogP contribution in [0, 0.1) is 11.3 Å². The molecule has 0 radical (unpaired) electrons. The fraction of sp³-hybridized carbons (Fsp3) is 0.821. The third-order valence-electron chi connectivity index (χ3n) is 9.21. The van der Waals surface area contributed by atoms with Crippen LogP contribution in [0.2, 0.25) is 36.3 Å². The van der Waals surface area contributed by atoms with Crippen LogP contribution in [0.1, 0.15) is 74.7 Å². The van der Waals surface area contributed by atoms with Gasteiger partial charge in [-0.1, -0.05) is 61.1 Å². The van der Waals surface area contributed by atoms with Crippen LogP contribution in [-0.2, 0) is 23.1 Å². The highest BCUT2D eigenvalue weighted by atomic mass is 28.4. The monoisotopic (exact) mass is 524 g/mol. The van der Waals surface area contributed by atoms with E-state index in [9.17, 15) is 4.79 Å². The van der Waals surface area contributed by atoms with E-state index in [-0.39, 0.29) is 40.3 Å². The zero-order valence-electron chi connectivity index (χ0n) is 24.5. The van der Waals surface area contributed by atoms with Crippen molar-refractivity contribution in [2.45, 2.75) is 129 Å². The summed E-state index contributed by atoms with van der Waals surface area (Å²) in [6.07, 6.45) is 5.48. The summed E-state index contributed by atoms with van der Waals surface area (Å²) in [5.41, 5.74) is 0.218. The van der Waals surface area contributed by atoms with Crippen LogP contribution >= 0.6 is 0 Å². The number of hydrogen-bond acceptors (Lipinski definition) is 5. The largest absolute Gasteiger partial charge is 0.494 e. The molecule has 2 aliphatic carbocycles. The zero-order chi connectivity index (χ0) is 27.0. The van der Waals surface area contributed by atoms with Crippen LogP contribution in [0.4, 0.5) is 0 Å². The molecule has 0 bridgehead atoms. The van der Waals surface area contributed by atoms with E-state index >= 15 is 0 Å². The van der Waals surface area contributed by atoms with Gasteiger partial charge in [-0.05, 0) is 68.0 Å². The summed E-state index contributed by atoms with van der Waals surface area (Å²) in [7, 11) is -4.30. The minimum absolute atomic E-state index is 0.0381. The lowest BCUT2D eigenvalue weighted by atomic mass is 9.57. The average molecular weight is 525 g/mol. The first-order valence-corrected chi connectivity index (χ1v) is 19.2. The van der Waals surface area contributed by atoms with Crippen molar-refractivity contribution in [2.75, 3.05) is 6.61 Å². The third-order valence-corrected chi connectivity index (χ3v) is 18.2. The lowest BCUT2D eigenvalue weighted by Crippen LogP contribution is -2.61. The standard InChI is InChI=1S/C28H52O5Si2/c1-14-30-22-17-16-18-28(25(29)31-15-2)20(3)24(33-35(12,13)27(7,8)9)23(19-21(22)28)32-34(10,11)26(4,5)6/h14,19-20,22-24H,1,15-18H2,2-13H3/t20-,22+,23-,24-,28-/m1/s1. The number of hydrogen-bond donors (Lipinski definition) is 0. The molecule has 0 aromatic heterocycles. The molecule has 0 aromatic rings. The van der Waals surface area contributed by atoms with Gasteiger partial charge in [-0.3, -0.25) is 4.79 Å². The van der Waals surface area contributed by atoms with Crippen molar-refractivity contribution < 1.29 is 23.1 Å². The van der Waals surface area contributed by atoms with Crippen LogP contribution in [0.25, 0.3) is 0 Å². The van der Waals surface area contributed by atoms with Gasteiger partial charge in [0.1, 0.15) is 6.10 Å². The molecule has 0 aliphatic heterocycles. The maximum atomic E-state index is 13.8. The lowest BCUT2D eigenvalue weighted by molar-refractivity contribution is -0.164. The van der Waals surface area contributed by atoms with Gasteiger partial charge in [0.15, 0.2) is 16.6 Å². The second kappa shape index (κ2) is 10.5. The predicted molar refractivity (Wildman–Crippen MR) is 149 cm³/mol. The summed E-state index contributed by atoms with van der Waals surface area (Å²) < 4.78 is 26.0. The van der Waals surface area contributed by atoms with E-state index in [1.54, 1.807) is 0 Å². The van der Waals surface area contributed by atoms with E-state index in [1.165, 1.54) is 6.26 Å². The Morgan fingerprint density at radius 2 is 1.63 bits per heavy atom. The van der Waals surface area contributed by atoms with Crippen molar-refractivity contribution in [2.24, 2.45) is 11.3 Å². The maximum Gasteiger partial charge on any atom is 0.316 e. The summed E-state index contributed by atoms with van der Waals surface area (Å²) in [5, 5.41) is 0.0892. The van der Waals surface area contributed by atoms with Crippen molar-refractivity contribution in [3.05, 3.63) is 24.5 Å². The molecule has 0 N–H and O–H groups in total. The molecule has 0 amide bonds. The summed E-state index contributed by atoms with van der Waals surface area (Å²) in [6, 6.07) is 0. The van der Waals surface area contributed by atoms with Gasteiger partial charge in [-0.2, -0.15) is 0 Å². The van der Waals surface area contributed by atoms with E-state index in [1.807, 2.05) is 6.92 Å². The quantitative estimate of drug-likeness (QED) is 0.142. The molecule has 1 fully saturated rings. The molecular weight excluding hydrogens is 472 g/mol. The molecule has 0 spiro atoms. The molecule has 0 heterocycles. The van der Waals surface area contributed by atoms with Crippen molar-refractivity contribution in [3.8, 4) is 0 Å². The topological polar surface area (TPSA) is 54.0 Å². The summed E-state index contributed by atoms with van der Waals surface area (Å²) in [5.74, 6) is -0.271. The molecule has 7 heteroatoms. The molecular formula is C28H52O5Si2. The van der Waals surface area contributed by atoms with Gasteiger partial charge in [0.05, 0.1) is 30.5 Å². The number of carbonyl (C=O) groups excluding carboxylic acids is 1. The molecule has 1 saturated carbocycles. The Labute approximate surface area is 217 Å². The molecule has 35 heavy (non-hydrogen) atoms. The average Bonchev–Trinajstić information content (AvgIpc) is 2.70. The molecule has 2 rings (SSSR count). The number of fused-ring (bicyclic) bond motifs is 1. The van der Waals surface area contributed by atoms with Crippen molar-refractivity contribution in [1.82, 2.24) is 0 Å². The highest BCUT2D eigenvalue weighted by Crippen LogP contribution is 2.55. The number of ether oxygens (including phenoxy) is 2. The minimum atomic E-state index is -2.17. The van der Waals surface area contributed by atoms with Gasteiger partial charge in [0, 0.05) is 5.92 Å². The Morgan fingerprint density at radius 3 is 2.11 bits per heavy atom. The third kappa shape index (κ3) is 5.83. The Bertz CT molecular complexity index is 805. The SMILES string of the molecule is C=CO[C@H]1CCC[C@]2(C(=O)OCC)C1=C[C@@H](O[Si](C)(C)C(C)(C)C)[C@H](O[Si](C)(C)C(C)(C)C)[C@H]2C. The van der Waals surface area contributed by atoms with Crippen molar-refractivity contribution in [3.63, 3.8) is 0 Å². The first-order valence-electron chi connectivity index (χ1n) is 13.4. The number of rotatable bonds is 8. The van der Waals surface area contributed by atoms with E-state index < -0.39 is 22.0 Å². The van der Waals surface area contributed by atoms with E-state index in [0.29, 0.717) is 6.61 Å². The Kier molecular flexibility index (Phi) is 9.07. The first-order chi connectivity index (χ1) is 15.9. The summed E-state index contributed by atoms with van der Waals surface area (Å²) in [6.45, 7) is 30.9. The Balaban J connectivity index is 2.74. The zero-order valence-corrected chi connectivity index (χ0v) is 26.5. The van der Waals surface area contributed by atoms with Crippen molar-refractivity contribution >= 4 is 22.6 Å². The van der Waals surface area contributed by atoms with Crippen LogP contribution in [0.15, 0.2) is 24.5 Å². The van der Waals surface area contributed by atoms with Gasteiger partial charge in [-0.25, -0.2) is 0 Å². The van der Waals surface area contributed by atoms with E-state index in [2.05, 4.69) is 87.3 Å². The molecule has 0 unspecified atom stereocenters. The van der Waals surface area contributed by atoms with Gasteiger partial charge in [-0.15, -0.1) is 0 Å². The highest BCUT2D eigenvalue weighted by molar-refractivity contribution is 6.74. The second-order valence-electron chi connectivity index (χ2n) is 13.5. The normalized spacial score (nSPS) is 30.2. The molecule has 0 aromatic carbocycles. The highest BCUT2D eigenvalue weighted by Gasteiger charge is 2.60. The second-order valence-corrected chi connectivity index (χ2v) is 23.0. The van der Waals surface area contributed by atoms with Crippen LogP contribution < -0.4 is 0 Å². The number of carbonyl (C=O) groups is 1. The van der Waals surface area contributed by atoms with Gasteiger partial charge in [0.25, 0.3) is 0 Å². The predicted octanol–water partition coefficient (Wildman–Crippen LogP) is 7.61. The fourth-order valence-corrected chi connectivity index (χ4v) is 7.57. The smallest absolute Gasteiger partial charge is 0.316 e. The van der Waals surface area contributed by atoms with Gasteiger partial charge < -0.3 is 18.3 Å². The summed E-state index contributed by atoms with van der Waals surface area (Å²) in [4.78, 5) is 13.8. The fourth-order valence-electron chi connectivity index (χ4n) is 4.96. The maximum absolute atomic E-state index is 13.8. The molecule has 2 aliphatic rings. The van der Waals surface area contributed by atoms with Gasteiger partial charge >= 0.3 is 5.97 Å². The van der Waals surface area contributed by atoms with Crippen molar-refractivity contribution in [1.29, 1.82) is 0 Å². The van der Waals surface area contributed by atoms with Crippen LogP contribution in [0.3, 0.4) is 0 Å². The van der Waals surface area contributed by atoms with Crippen LogP contribution in [-0.4, -0.2) is 47.5 Å². The number of esters is 1. The lowest BCUT2D eigenvalue weighted by Gasteiger charge is -2.55. The Hall–Kier alpha value is -0.896. The molecule has 202 valence electrons. The minimum Gasteiger partial charge on any atom is -0.494 e.